The molecule has 5 nitrogen and oxygen atoms in total. The topological polar surface area (TPSA) is 58.6 Å². The normalized spacial score (nSPS) is 13.6. The van der Waals surface area contributed by atoms with Crippen molar-refractivity contribution < 1.29 is 14.3 Å². The van der Waals surface area contributed by atoms with E-state index < -0.39 is 5.60 Å². The lowest BCUT2D eigenvalue weighted by Gasteiger charge is -2.25. The summed E-state index contributed by atoms with van der Waals surface area (Å²) in [5.74, 6) is 0.527. The molecule has 0 unspecified atom stereocenters. The van der Waals surface area contributed by atoms with E-state index in [1.165, 1.54) is 0 Å². The van der Waals surface area contributed by atoms with E-state index in [2.05, 4.69) is 5.32 Å². The quantitative estimate of drug-likeness (QED) is 0.633. The van der Waals surface area contributed by atoms with Gasteiger partial charge in [-0.15, -0.1) is 11.6 Å². The van der Waals surface area contributed by atoms with E-state index in [4.69, 9.17) is 16.3 Å². The minimum Gasteiger partial charge on any atom is -0.443 e. The maximum atomic E-state index is 12.3. The number of anilines is 2. The van der Waals surface area contributed by atoms with Crippen molar-refractivity contribution in [2.45, 2.75) is 52.1 Å². The van der Waals surface area contributed by atoms with Crippen molar-refractivity contribution in [3.63, 3.8) is 0 Å². The fraction of sp³-hybridized carbons (Fsp3) is 0.556. The Morgan fingerprint density at radius 3 is 2.71 bits per heavy atom. The van der Waals surface area contributed by atoms with Gasteiger partial charge in [0.05, 0.1) is 5.69 Å². The number of benzene rings is 1. The maximum absolute atomic E-state index is 12.3. The average Bonchev–Trinajstić information content (AvgIpc) is 2.89. The van der Waals surface area contributed by atoms with Crippen LogP contribution in [0.2, 0.25) is 0 Å². The first kappa shape index (κ1) is 18.6. The van der Waals surface area contributed by atoms with Crippen LogP contribution in [0.3, 0.4) is 0 Å². The number of nitrogens with one attached hydrogen (secondary N) is 1. The molecule has 0 spiro atoms. The summed E-state index contributed by atoms with van der Waals surface area (Å²) in [6.07, 6.45) is 2.47. The van der Waals surface area contributed by atoms with Gasteiger partial charge < -0.3 is 10.1 Å². The Hall–Kier alpha value is -1.75. The molecule has 1 aromatic carbocycles. The highest BCUT2D eigenvalue weighted by atomic mass is 35.5. The van der Waals surface area contributed by atoms with Gasteiger partial charge in [-0.2, -0.15) is 0 Å². The van der Waals surface area contributed by atoms with Gasteiger partial charge in [0.1, 0.15) is 5.60 Å². The number of unbranched alkanes of at least 4 members (excludes halogenated alkanes) is 1. The highest BCUT2D eigenvalue weighted by molar-refractivity contribution is 6.17. The first-order chi connectivity index (χ1) is 11.3. The number of halogens is 1. The van der Waals surface area contributed by atoms with Gasteiger partial charge in [0.15, 0.2) is 0 Å². The first-order valence-electron chi connectivity index (χ1n) is 8.29. The van der Waals surface area contributed by atoms with Crippen LogP contribution in [-0.2, 0) is 16.0 Å². The molecule has 0 fully saturated rings. The Labute approximate surface area is 148 Å². The number of fused-ring (bicyclic) bond motifs is 1. The third-order valence-electron chi connectivity index (χ3n) is 3.67. The molecule has 1 aromatic rings. The molecule has 0 radical (unpaired) electrons. The van der Waals surface area contributed by atoms with Crippen LogP contribution < -0.4 is 10.2 Å². The fourth-order valence-corrected chi connectivity index (χ4v) is 2.76. The number of hydrogen-bond donors (Lipinski definition) is 1. The highest BCUT2D eigenvalue weighted by Gasteiger charge is 2.29. The summed E-state index contributed by atoms with van der Waals surface area (Å²) in [6, 6.07) is 5.66. The molecule has 2 amide bonds. The molecular formula is C18H25ClN2O3. The summed E-state index contributed by atoms with van der Waals surface area (Å²) in [6.45, 7) is 6.13. The van der Waals surface area contributed by atoms with E-state index in [1.54, 1.807) is 4.90 Å². The van der Waals surface area contributed by atoms with Crippen LogP contribution in [0, 0.1) is 0 Å². The largest absolute Gasteiger partial charge is 0.443 e. The number of amides is 2. The Kier molecular flexibility index (Phi) is 6.10. The van der Waals surface area contributed by atoms with Crippen molar-refractivity contribution in [2.75, 3.05) is 22.6 Å². The summed E-state index contributed by atoms with van der Waals surface area (Å²) in [5, 5.41) is 2.88. The monoisotopic (exact) mass is 352 g/mol. The lowest BCUT2D eigenvalue weighted by molar-refractivity contribution is -0.116. The highest BCUT2D eigenvalue weighted by Crippen LogP contribution is 2.32. The Balaban J connectivity index is 2.05. The van der Waals surface area contributed by atoms with Crippen molar-refractivity contribution in [1.29, 1.82) is 0 Å². The van der Waals surface area contributed by atoms with Gasteiger partial charge in [0.25, 0.3) is 0 Å². The van der Waals surface area contributed by atoms with Gasteiger partial charge in [0, 0.05) is 24.5 Å². The van der Waals surface area contributed by atoms with Gasteiger partial charge in [-0.3, -0.25) is 9.69 Å². The fourth-order valence-electron chi connectivity index (χ4n) is 2.57. The number of carbonyl (C=O) groups is 2. The van der Waals surface area contributed by atoms with Crippen LogP contribution >= 0.6 is 11.6 Å². The SMILES string of the molecule is CC(C)(C)OC(=O)N1CCc2ccc(NC(=O)CCCCCl)cc21. The molecule has 0 saturated heterocycles. The zero-order chi connectivity index (χ0) is 17.7. The molecule has 1 aliphatic heterocycles. The molecule has 2 rings (SSSR count). The van der Waals surface area contributed by atoms with Crippen LogP contribution in [-0.4, -0.2) is 30.0 Å². The number of hydrogen-bond acceptors (Lipinski definition) is 3. The van der Waals surface area contributed by atoms with E-state index in [1.807, 2.05) is 39.0 Å². The van der Waals surface area contributed by atoms with Gasteiger partial charge in [0.2, 0.25) is 5.91 Å². The maximum Gasteiger partial charge on any atom is 0.414 e. The lowest BCUT2D eigenvalue weighted by atomic mass is 10.1. The molecule has 0 bridgehead atoms. The minimum atomic E-state index is -0.534. The molecule has 1 aliphatic rings. The van der Waals surface area contributed by atoms with Gasteiger partial charge in [-0.05, 0) is 57.7 Å². The summed E-state index contributed by atoms with van der Waals surface area (Å²) < 4.78 is 5.45. The predicted molar refractivity (Wildman–Crippen MR) is 96.9 cm³/mol. The second kappa shape index (κ2) is 7.88. The third-order valence-corrected chi connectivity index (χ3v) is 3.93. The number of alkyl halides is 1. The summed E-state index contributed by atoms with van der Waals surface area (Å²) >= 11 is 5.62. The van der Waals surface area contributed by atoms with Crippen molar-refractivity contribution in [2.24, 2.45) is 0 Å². The molecule has 24 heavy (non-hydrogen) atoms. The molecule has 0 atom stereocenters. The van der Waals surface area contributed by atoms with E-state index in [9.17, 15) is 9.59 Å². The second-order valence-corrected chi connectivity index (χ2v) is 7.30. The van der Waals surface area contributed by atoms with Crippen LogP contribution in [0.5, 0.6) is 0 Å². The zero-order valence-corrected chi connectivity index (χ0v) is 15.3. The van der Waals surface area contributed by atoms with Gasteiger partial charge >= 0.3 is 6.09 Å². The Morgan fingerprint density at radius 2 is 2.04 bits per heavy atom. The Bertz CT molecular complexity index is 611. The van der Waals surface area contributed by atoms with E-state index >= 15 is 0 Å². The predicted octanol–water partition coefficient (Wildman–Crippen LogP) is 4.33. The lowest BCUT2D eigenvalue weighted by Crippen LogP contribution is -2.35. The van der Waals surface area contributed by atoms with Gasteiger partial charge in [-0.1, -0.05) is 6.07 Å². The number of rotatable bonds is 5. The molecular weight excluding hydrogens is 328 g/mol. The van der Waals surface area contributed by atoms with Crippen LogP contribution in [0.4, 0.5) is 16.2 Å². The van der Waals surface area contributed by atoms with Crippen LogP contribution in [0.25, 0.3) is 0 Å². The van der Waals surface area contributed by atoms with Crippen molar-refractivity contribution in [3.8, 4) is 0 Å². The average molecular weight is 353 g/mol. The summed E-state index contributed by atoms with van der Waals surface area (Å²) in [7, 11) is 0. The third kappa shape index (κ3) is 5.13. The van der Waals surface area contributed by atoms with Crippen molar-refractivity contribution in [3.05, 3.63) is 23.8 Å². The summed E-state index contributed by atoms with van der Waals surface area (Å²) in [5.41, 5.74) is 2.05. The molecule has 0 aromatic heterocycles. The van der Waals surface area contributed by atoms with Crippen molar-refractivity contribution in [1.82, 2.24) is 0 Å². The van der Waals surface area contributed by atoms with Crippen molar-refractivity contribution >= 4 is 35.0 Å². The van der Waals surface area contributed by atoms with Crippen LogP contribution in [0.15, 0.2) is 18.2 Å². The standard InChI is InChI=1S/C18H25ClN2O3/c1-18(2,3)24-17(23)21-11-9-13-7-8-14(12-15(13)21)20-16(22)6-4-5-10-19/h7-8,12H,4-6,9-11H2,1-3H3,(H,20,22). The molecule has 0 saturated carbocycles. The minimum absolute atomic E-state index is 0.0399. The number of carbonyl (C=O) groups excluding carboxylic acids is 2. The van der Waals surface area contributed by atoms with E-state index in [0.717, 1.165) is 30.5 Å². The van der Waals surface area contributed by atoms with Crippen LogP contribution in [0.1, 0.15) is 45.6 Å². The molecule has 0 aliphatic carbocycles. The van der Waals surface area contributed by atoms with Gasteiger partial charge in [-0.25, -0.2) is 4.79 Å². The first-order valence-corrected chi connectivity index (χ1v) is 8.83. The molecule has 1 N–H and O–H groups in total. The molecule has 1 heterocycles. The molecule has 6 heteroatoms. The van der Waals surface area contributed by atoms with E-state index in [-0.39, 0.29) is 12.0 Å². The zero-order valence-electron chi connectivity index (χ0n) is 14.5. The second-order valence-electron chi connectivity index (χ2n) is 6.92. The summed E-state index contributed by atoms with van der Waals surface area (Å²) in [4.78, 5) is 25.9. The number of ether oxygens (including phenoxy) is 1. The Morgan fingerprint density at radius 1 is 1.29 bits per heavy atom. The molecule has 132 valence electrons. The number of nitrogens with zero attached hydrogens (tertiary/aromatic N) is 1. The van der Waals surface area contributed by atoms with E-state index in [0.29, 0.717) is 24.5 Å². The smallest absolute Gasteiger partial charge is 0.414 e.